The summed E-state index contributed by atoms with van der Waals surface area (Å²) in [7, 11) is 0. The molecule has 1 unspecified atom stereocenters. The molecule has 0 aromatic rings. The van der Waals surface area contributed by atoms with Gasteiger partial charge in [-0.1, -0.05) is 19.3 Å². The summed E-state index contributed by atoms with van der Waals surface area (Å²) in [6.45, 7) is 2.68. The Morgan fingerprint density at radius 1 is 1.31 bits per heavy atom. The van der Waals surface area contributed by atoms with E-state index in [9.17, 15) is 5.11 Å². The Labute approximate surface area is 80.2 Å². The molecule has 0 aromatic carbocycles. The minimum atomic E-state index is -0.512. The van der Waals surface area contributed by atoms with Gasteiger partial charge in [-0.2, -0.15) is 0 Å². The van der Waals surface area contributed by atoms with Gasteiger partial charge in [-0.15, -0.1) is 0 Å². The smallest absolute Gasteiger partial charge is 0.0771 e. The largest absolute Gasteiger partial charge is 0.395 e. The first-order chi connectivity index (χ1) is 6.16. The molecule has 0 bridgehead atoms. The molecule has 0 saturated heterocycles. The predicted molar refractivity (Wildman–Crippen MR) is 52.6 cm³/mol. The van der Waals surface area contributed by atoms with E-state index in [-0.39, 0.29) is 12.6 Å². The van der Waals surface area contributed by atoms with Gasteiger partial charge in [-0.25, -0.2) is 0 Å². The van der Waals surface area contributed by atoms with E-state index < -0.39 is 5.60 Å². The molecule has 1 atom stereocenters. The molecule has 0 aromatic heterocycles. The van der Waals surface area contributed by atoms with Crippen molar-refractivity contribution in [1.82, 2.24) is 5.32 Å². The lowest BCUT2D eigenvalue weighted by Crippen LogP contribution is -2.45. The summed E-state index contributed by atoms with van der Waals surface area (Å²) >= 11 is 0. The molecule has 0 spiro atoms. The highest BCUT2D eigenvalue weighted by molar-refractivity contribution is 4.85. The molecule has 1 fully saturated rings. The van der Waals surface area contributed by atoms with Gasteiger partial charge >= 0.3 is 0 Å². The van der Waals surface area contributed by atoms with Crippen molar-refractivity contribution in [3.63, 3.8) is 0 Å². The number of hydrogen-bond donors (Lipinski definition) is 3. The Balaban J connectivity index is 2.24. The van der Waals surface area contributed by atoms with Gasteiger partial charge in [-0.3, -0.25) is 0 Å². The molecule has 1 rings (SSSR count). The summed E-state index contributed by atoms with van der Waals surface area (Å²) < 4.78 is 0. The zero-order chi connectivity index (χ0) is 9.73. The van der Waals surface area contributed by atoms with Crippen molar-refractivity contribution in [2.45, 2.75) is 50.7 Å². The third-order valence-corrected chi connectivity index (χ3v) is 2.84. The van der Waals surface area contributed by atoms with E-state index in [1.54, 1.807) is 0 Å². The van der Waals surface area contributed by atoms with Gasteiger partial charge in [0.2, 0.25) is 0 Å². The van der Waals surface area contributed by atoms with Crippen LogP contribution in [0, 0.1) is 0 Å². The quantitative estimate of drug-likeness (QED) is 0.606. The first-order valence-corrected chi connectivity index (χ1v) is 5.23. The third kappa shape index (κ3) is 3.63. The number of hydrogen-bond acceptors (Lipinski definition) is 3. The summed E-state index contributed by atoms with van der Waals surface area (Å²) in [6.07, 6.45) is 5.31. The van der Waals surface area contributed by atoms with Gasteiger partial charge in [0.1, 0.15) is 0 Å². The van der Waals surface area contributed by atoms with E-state index in [2.05, 4.69) is 5.32 Å². The van der Waals surface area contributed by atoms with Crippen molar-refractivity contribution in [1.29, 1.82) is 0 Å². The highest BCUT2D eigenvalue weighted by Gasteiger charge is 2.28. The molecule has 1 aliphatic rings. The molecular formula is C10H21NO2. The van der Waals surface area contributed by atoms with Crippen LogP contribution in [0.25, 0.3) is 0 Å². The standard InChI is InChI=1S/C10H21NO2/c1-9(7-12)11-8-10(13)5-3-2-4-6-10/h9,11-13H,2-8H2,1H3. The molecule has 3 nitrogen and oxygen atoms in total. The van der Waals surface area contributed by atoms with Crippen LogP contribution in [0.1, 0.15) is 39.0 Å². The molecule has 0 radical (unpaired) electrons. The number of aliphatic hydroxyl groups is 2. The van der Waals surface area contributed by atoms with Crippen LogP contribution in [-0.4, -0.2) is 35.0 Å². The lowest BCUT2D eigenvalue weighted by Gasteiger charge is -2.33. The van der Waals surface area contributed by atoms with Crippen molar-refractivity contribution in [2.75, 3.05) is 13.2 Å². The van der Waals surface area contributed by atoms with Crippen LogP contribution in [0.15, 0.2) is 0 Å². The van der Waals surface area contributed by atoms with Gasteiger partial charge < -0.3 is 15.5 Å². The molecule has 13 heavy (non-hydrogen) atoms. The van der Waals surface area contributed by atoms with Gasteiger partial charge in [-0.05, 0) is 19.8 Å². The number of aliphatic hydroxyl groups excluding tert-OH is 1. The van der Waals surface area contributed by atoms with Crippen LogP contribution in [0.3, 0.4) is 0 Å². The topological polar surface area (TPSA) is 52.5 Å². The lowest BCUT2D eigenvalue weighted by atomic mass is 9.85. The predicted octanol–water partition coefficient (Wildman–Crippen LogP) is 0.652. The average Bonchev–Trinajstić information content (AvgIpc) is 2.15. The summed E-state index contributed by atoms with van der Waals surface area (Å²) in [5.74, 6) is 0. The van der Waals surface area contributed by atoms with Crippen molar-refractivity contribution in [3.8, 4) is 0 Å². The normalized spacial score (nSPS) is 24.2. The molecule has 0 aliphatic heterocycles. The van der Waals surface area contributed by atoms with Gasteiger partial charge in [0, 0.05) is 12.6 Å². The fourth-order valence-electron chi connectivity index (χ4n) is 1.82. The van der Waals surface area contributed by atoms with Crippen LogP contribution < -0.4 is 5.32 Å². The average molecular weight is 187 g/mol. The van der Waals surface area contributed by atoms with Crippen LogP contribution in [0.2, 0.25) is 0 Å². The molecule has 3 N–H and O–H groups in total. The van der Waals surface area contributed by atoms with Crippen molar-refractivity contribution in [3.05, 3.63) is 0 Å². The van der Waals surface area contributed by atoms with E-state index in [0.29, 0.717) is 6.54 Å². The Bertz CT molecular complexity index is 144. The molecule has 3 heteroatoms. The summed E-state index contributed by atoms with van der Waals surface area (Å²) in [5, 5.41) is 22.0. The highest BCUT2D eigenvalue weighted by atomic mass is 16.3. The molecule has 1 aliphatic carbocycles. The molecule has 0 amide bonds. The van der Waals surface area contributed by atoms with Gasteiger partial charge in [0.25, 0.3) is 0 Å². The minimum absolute atomic E-state index is 0.0888. The Kier molecular flexibility index (Phi) is 4.16. The van der Waals surface area contributed by atoms with E-state index >= 15 is 0 Å². The Hall–Kier alpha value is -0.120. The van der Waals surface area contributed by atoms with E-state index in [1.807, 2.05) is 6.92 Å². The molecular weight excluding hydrogens is 166 g/mol. The SMILES string of the molecule is CC(CO)NCC1(O)CCCCC1. The fraction of sp³-hybridized carbons (Fsp3) is 1.00. The zero-order valence-corrected chi connectivity index (χ0v) is 8.42. The summed E-state index contributed by atoms with van der Waals surface area (Å²) in [4.78, 5) is 0. The second-order valence-electron chi connectivity index (χ2n) is 4.25. The van der Waals surface area contributed by atoms with Gasteiger partial charge in [0.15, 0.2) is 0 Å². The summed E-state index contributed by atoms with van der Waals surface area (Å²) in [5.41, 5.74) is -0.512. The maximum atomic E-state index is 10.1. The second-order valence-corrected chi connectivity index (χ2v) is 4.25. The first kappa shape index (κ1) is 11.0. The summed E-state index contributed by atoms with van der Waals surface area (Å²) in [6, 6.07) is 0.0888. The van der Waals surface area contributed by atoms with Crippen molar-refractivity contribution >= 4 is 0 Å². The molecule has 0 heterocycles. The molecule has 78 valence electrons. The van der Waals surface area contributed by atoms with Crippen LogP contribution in [0.5, 0.6) is 0 Å². The molecule has 1 saturated carbocycles. The highest BCUT2D eigenvalue weighted by Crippen LogP contribution is 2.27. The van der Waals surface area contributed by atoms with Crippen LogP contribution >= 0.6 is 0 Å². The van der Waals surface area contributed by atoms with E-state index in [0.717, 1.165) is 25.7 Å². The van der Waals surface area contributed by atoms with Gasteiger partial charge in [0.05, 0.1) is 12.2 Å². The van der Waals surface area contributed by atoms with Crippen molar-refractivity contribution < 1.29 is 10.2 Å². The fourth-order valence-corrected chi connectivity index (χ4v) is 1.82. The van der Waals surface area contributed by atoms with Crippen LogP contribution in [-0.2, 0) is 0 Å². The number of nitrogens with one attached hydrogen (secondary N) is 1. The lowest BCUT2D eigenvalue weighted by molar-refractivity contribution is 0.00169. The Morgan fingerprint density at radius 3 is 2.46 bits per heavy atom. The van der Waals surface area contributed by atoms with E-state index in [1.165, 1.54) is 6.42 Å². The number of rotatable bonds is 4. The maximum absolute atomic E-state index is 10.1. The maximum Gasteiger partial charge on any atom is 0.0771 e. The monoisotopic (exact) mass is 187 g/mol. The van der Waals surface area contributed by atoms with E-state index in [4.69, 9.17) is 5.11 Å². The minimum Gasteiger partial charge on any atom is -0.395 e. The first-order valence-electron chi connectivity index (χ1n) is 5.23. The van der Waals surface area contributed by atoms with Crippen LogP contribution in [0.4, 0.5) is 0 Å². The third-order valence-electron chi connectivity index (χ3n) is 2.84. The second kappa shape index (κ2) is 4.94. The Morgan fingerprint density at radius 2 is 1.92 bits per heavy atom. The zero-order valence-electron chi connectivity index (χ0n) is 8.42. The van der Waals surface area contributed by atoms with Crippen molar-refractivity contribution in [2.24, 2.45) is 0 Å².